The summed E-state index contributed by atoms with van der Waals surface area (Å²) in [5, 5.41) is 42.9. The molecule has 1 saturated heterocycles. The second-order valence-electron chi connectivity index (χ2n) is 10.1. The van der Waals surface area contributed by atoms with Gasteiger partial charge in [0.25, 0.3) is 17.5 Å². The second-order valence-corrected chi connectivity index (χ2v) is 11.2. The third-order valence-corrected chi connectivity index (χ3v) is 8.67. The number of methoxy groups -OCH3 is 1. The molecule has 2 aliphatic rings. The summed E-state index contributed by atoms with van der Waals surface area (Å²) in [4.78, 5) is 78.1. The minimum atomic E-state index is -2.09. The van der Waals surface area contributed by atoms with Crippen LogP contribution in [-0.2, 0) is 28.7 Å². The standard InChI is InChI=1S/C29H25N3O13S/c1-12(33)44-9-14-11-46-28-29(43-2,27(42)32(28)20(14)26(40)41)31-25(39)19(13-3-5-15(34)6-4-13)30-24(38)17-10-45-23-16(21(17)36)7-8-18(35)22(23)37/h3-8,10,19,28,34-35,37H,9,11H2,1-2H3,(H,30,38)(H,31,39)(H,40,41)/t19?,28-,29-/m0/s1. The lowest BCUT2D eigenvalue weighted by molar-refractivity contribution is -0.193. The highest BCUT2D eigenvalue weighted by Gasteiger charge is 2.67. The smallest absolute Gasteiger partial charge is 0.352 e. The zero-order chi connectivity index (χ0) is 33.5. The van der Waals surface area contributed by atoms with Crippen molar-refractivity contribution in [2.45, 2.75) is 24.1 Å². The van der Waals surface area contributed by atoms with Crippen molar-refractivity contribution in [1.29, 1.82) is 0 Å². The Balaban J connectivity index is 1.46. The van der Waals surface area contributed by atoms with Crippen LogP contribution in [0, 0.1) is 0 Å². The van der Waals surface area contributed by atoms with Gasteiger partial charge in [-0.25, -0.2) is 4.79 Å². The Bertz CT molecular complexity index is 1890. The third-order valence-electron chi connectivity index (χ3n) is 7.30. The van der Waals surface area contributed by atoms with Crippen molar-refractivity contribution in [2.24, 2.45) is 0 Å². The maximum Gasteiger partial charge on any atom is 0.352 e. The van der Waals surface area contributed by atoms with Gasteiger partial charge in [0.2, 0.25) is 17.1 Å². The fraction of sp³-hybridized carbons (Fsp3) is 0.241. The maximum atomic E-state index is 13.8. The van der Waals surface area contributed by atoms with E-state index in [1.54, 1.807) is 0 Å². The first-order valence-electron chi connectivity index (χ1n) is 13.3. The molecule has 1 fully saturated rings. The number of hydrogen-bond acceptors (Lipinski definition) is 13. The molecule has 3 amide bonds. The van der Waals surface area contributed by atoms with E-state index in [-0.39, 0.29) is 40.2 Å². The molecule has 1 aromatic heterocycles. The number of ether oxygens (including phenoxy) is 2. The van der Waals surface area contributed by atoms with E-state index < -0.39 is 75.0 Å². The number of carboxylic acids is 1. The zero-order valence-electron chi connectivity index (χ0n) is 23.9. The number of thioether (sulfide) groups is 1. The Kier molecular flexibility index (Phi) is 8.38. The Morgan fingerprint density at radius 1 is 1.11 bits per heavy atom. The highest BCUT2D eigenvalue weighted by molar-refractivity contribution is 8.00. The number of rotatable bonds is 9. The van der Waals surface area contributed by atoms with Crippen LogP contribution in [0.25, 0.3) is 11.0 Å². The van der Waals surface area contributed by atoms with Crippen molar-refractivity contribution >= 4 is 52.4 Å². The number of carbonyl (C=O) groups is 5. The van der Waals surface area contributed by atoms with Gasteiger partial charge in [-0.1, -0.05) is 12.1 Å². The van der Waals surface area contributed by atoms with Crippen molar-refractivity contribution in [1.82, 2.24) is 15.5 Å². The van der Waals surface area contributed by atoms with E-state index in [0.29, 0.717) is 0 Å². The summed E-state index contributed by atoms with van der Waals surface area (Å²) < 4.78 is 15.6. The van der Waals surface area contributed by atoms with E-state index in [0.717, 1.165) is 49.1 Å². The van der Waals surface area contributed by atoms with Crippen LogP contribution >= 0.6 is 11.8 Å². The molecule has 5 rings (SSSR count). The first-order valence-corrected chi connectivity index (χ1v) is 14.3. The van der Waals surface area contributed by atoms with Gasteiger partial charge in [-0.15, -0.1) is 11.8 Å². The van der Waals surface area contributed by atoms with Gasteiger partial charge in [0.05, 0.1) is 5.39 Å². The monoisotopic (exact) mass is 655 g/mol. The average Bonchev–Trinajstić information content (AvgIpc) is 3.02. The number of aromatic hydroxyl groups is 3. The van der Waals surface area contributed by atoms with Crippen LogP contribution in [0.4, 0.5) is 0 Å². The summed E-state index contributed by atoms with van der Waals surface area (Å²) in [6.45, 7) is 0.776. The molecular weight excluding hydrogens is 630 g/mol. The predicted octanol–water partition coefficient (Wildman–Crippen LogP) is 0.657. The van der Waals surface area contributed by atoms with Gasteiger partial charge in [-0.3, -0.25) is 28.9 Å². The van der Waals surface area contributed by atoms with Gasteiger partial charge in [0, 0.05) is 25.4 Å². The number of phenolic OH excluding ortho intramolecular Hbond substituents is 3. The molecule has 0 radical (unpaired) electrons. The van der Waals surface area contributed by atoms with E-state index >= 15 is 0 Å². The molecule has 16 nitrogen and oxygen atoms in total. The van der Waals surface area contributed by atoms with Crippen LogP contribution in [0.1, 0.15) is 28.9 Å². The van der Waals surface area contributed by atoms with Gasteiger partial charge in [-0.2, -0.15) is 0 Å². The number of aliphatic carboxylic acids is 1. The summed E-state index contributed by atoms with van der Waals surface area (Å²) in [6, 6.07) is 5.63. The van der Waals surface area contributed by atoms with E-state index in [9.17, 15) is 49.2 Å². The molecule has 2 aromatic carbocycles. The second kappa shape index (κ2) is 12.1. The molecule has 0 aliphatic carbocycles. The first-order chi connectivity index (χ1) is 21.8. The number of carboxylic acid groups (broad SMARTS) is 1. The molecule has 46 heavy (non-hydrogen) atoms. The fourth-order valence-corrected chi connectivity index (χ4v) is 6.43. The van der Waals surface area contributed by atoms with Crippen molar-refractivity contribution < 1.29 is 58.3 Å². The molecule has 0 spiro atoms. The molecule has 3 aromatic rings. The Labute approximate surface area is 262 Å². The minimum absolute atomic E-state index is 0.00748. The molecule has 6 N–H and O–H groups in total. The molecule has 240 valence electrons. The summed E-state index contributed by atoms with van der Waals surface area (Å²) >= 11 is 1.04. The number of carbonyl (C=O) groups excluding carboxylic acids is 4. The quantitative estimate of drug-likeness (QED) is 0.0803. The van der Waals surface area contributed by atoms with Gasteiger partial charge in [-0.05, 0) is 29.8 Å². The SMILES string of the molecule is CO[C@@]1(NC(=O)C(NC(=O)c2coc3c(O)c(O)ccc3c2=O)c2ccc(O)cc2)C(=O)N2C(C(=O)O)=C(COC(C)=O)CS[C@H]21. The van der Waals surface area contributed by atoms with Gasteiger partial charge < -0.3 is 45.0 Å². The van der Waals surface area contributed by atoms with Crippen LogP contribution in [0.3, 0.4) is 0 Å². The maximum absolute atomic E-state index is 13.8. The van der Waals surface area contributed by atoms with Crippen LogP contribution in [0.15, 0.2) is 63.1 Å². The number of benzene rings is 2. The van der Waals surface area contributed by atoms with Crippen molar-refractivity contribution in [3.8, 4) is 17.2 Å². The normalized spacial score (nSPS) is 19.6. The van der Waals surface area contributed by atoms with Gasteiger partial charge in [0.1, 0.15) is 41.3 Å². The highest BCUT2D eigenvalue weighted by atomic mass is 32.2. The lowest BCUT2D eigenvalue weighted by atomic mass is 9.96. The molecule has 0 saturated carbocycles. The van der Waals surface area contributed by atoms with Crippen LogP contribution < -0.4 is 16.1 Å². The van der Waals surface area contributed by atoms with E-state index in [2.05, 4.69) is 10.6 Å². The number of hydrogen-bond donors (Lipinski definition) is 6. The third kappa shape index (κ3) is 5.34. The first kappa shape index (κ1) is 31.9. The number of amides is 3. The fourth-order valence-electron chi connectivity index (χ4n) is 5.01. The molecule has 1 unspecified atom stereocenters. The Hall–Kier alpha value is -5.55. The topological polar surface area (TPSA) is 242 Å². The lowest BCUT2D eigenvalue weighted by Crippen LogP contribution is -2.81. The zero-order valence-corrected chi connectivity index (χ0v) is 24.7. The number of nitrogens with one attached hydrogen (secondary N) is 2. The summed E-state index contributed by atoms with van der Waals surface area (Å²) in [5.74, 6) is -6.61. The highest BCUT2D eigenvalue weighted by Crippen LogP contribution is 2.47. The lowest BCUT2D eigenvalue weighted by Gasteiger charge is -2.56. The van der Waals surface area contributed by atoms with Crippen LogP contribution in [0.5, 0.6) is 17.2 Å². The molecule has 0 bridgehead atoms. The van der Waals surface area contributed by atoms with Crippen molar-refractivity contribution in [2.75, 3.05) is 19.5 Å². The van der Waals surface area contributed by atoms with E-state index in [1.807, 2.05) is 0 Å². The van der Waals surface area contributed by atoms with Gasteiger partial charge in [0.15, 0.2) is 11.3 Å². The van der Waals surface area contributed by atoms with Crippen LogP contribution in [-0.4, -0.2) is 85.6 Å². The average molecular weight is 656 g/mol. The molecule has 3 heterocycles. The largest absolute Gasteiger partial charge is 0.508 e. The summed E-state index contributed by atoms with van der Waals surface area (Å²) in [6.07, 6.45) is 0.737. The minimum Gasteiger partial charge on any atom is -0.508 e. The van der Waals surface area contributed by atoms with Gasteiger partial charge >= 0.3 is 11.9 Å². The van der Waals surface area contributed by atoms with Crippen LogP contribution in [0.2, 0.25) is 0 Å². The Morgan fingerprint density at radius 3 is 2.43 bits per heavy atom. The predicted molar refractivity (Wildman–Crippen MR) is 156 cm³/mol. The summed E-state index contributed by atoms with van der Waals surface area (Å²) in [5.41, 5.74) is -4.09. The number of nitrogens with zero attached hydrogens (tertiary/aromatic N) is 1. The molecular formula is C29H25N3O13S. The Morgan fingerprint density at radius 2 is 1.80 bits per heavy atom. The molecule has 3 atom stereocenters. The molecule has 2 aliphatic heterocycles. The number of β-lactam (4-membered cyclic amide) rings is 1. The van der Waals surface area contributed by atoms with Crippen molar-refractivity contribution in [3.63, 3.8) is 0 Å². The summed E-state index contributed by atoms with van der Waals surface area (Å²) in [7, 11) is 1.12. The molecule has 17 heteroatoms. The van der Waals surface area contributed by atoms with E-state index in [4.69, 9.17) is 13.9 Å². The van der Waals surface area contributed by atoms with E-state index in [1.165, 1.54) is 24.3 Å². The number of phenols is 3. The number of esters is 1. The number of fused-ring (bicyclic) bond motifs is 2. The van der Waals surface area contributed by atoms with Crippen molar-refractivity contribution in [3.05, 3.63) is 75.3 Å².